The molecule has 1 aliphatic rings. The van der Waals surface area contributed by atoms with Crippen molar-refractivity contribution in [1.29, 1.82) is 0 Å². The van der Waals surface area contributed by atoms with E-state index in [1.807, 2.05) is 0 Å². The molecule has 1 fully saturated rings. The molecular formula is C11H12Cl2N2O2. The number of rotatable bonds is 2. The molecule has 6 heteroatoms. The van der Waals surface area contributed by atoms with Crippen LogP contribution in [0.3, 0.4) is 0 Å². The molecule has 1 aromatic rings. The van der Waals surface area contributed by atoms with E-state index < -0.39 is 6.09 Å². The molecule has 0 spiro atoms. The largest absolute Gasteiger partial charge is 0.446 e. The van der Waals surface area contributed by atoms with Crippen LogP contribution in [0.5, 0.6) is 0 Å². The Morgan fingerprint density at radius 2 is 2.06 bits per heavy atom. The van der Waals surface area contributed by atoms with Crippen molar-refractivity contribution in [2.24, 2.45) is 5.73 Å². The molecule has 0 heterocycles. The Hall–Kier alpha value is -0.970. The molecule has 3 N–H and O–H groups in total. The third kappa shape index (κ3) is 3.25. The smallest absolute Gasteiger partial charge is 0.411 e. The van der Waals surface area contributed by atoms with E-state index in [4.69, 9.17) is 33.7 Å². The second-order valence-corrected chi connectivity index (χ2v) is 4.83. The molecule has 1 aliphatic carbocycles. The van der Waals surface area contributed by atoms with Gasteiger partial charge in [0, 0.05) is 11.7 Å². The van der Waals surface area contributed by atoms with Gasteiger partial charge >= 0.3 is 6.09 Å². The summed E-state index contributed by atoms with van der Waals surface area (Å²) in [6.45, 7) is 0. The fraction of sp³-hybridized carbons (Fsp3) is 0.364. The zero-order valence-electron chi connectivity index (χ0n) is 8.95. The van der Waals surface area contributed by atoms with Crippen LogP contribution >= 0.6 is 23.2 Å². The van der Waals surface area contributed by atoms with Crippen LogP contribution in [-0.4, -0.2) is 18.2 Å². The number of halogens is 2. The van der Waals surface area contributed by atoms with E-state index in [0.29, 0.717) is 15.7 Å². The summed E-state index contributed by atoms with van der Waals surface area (Å²) in [4.78, 5) is 11.5. The van der Waals surface area contributed by atoms with Gasteiger partial charge < -0.3 is 10.5 Å². The van der Waals surface area contributed by atoms with Gasteiger partial charge in [-0.15, -0.1) is 0 Å². The Morgan fingerprint density at radius 1 is 1.35 bits per heavy atom. The summed E-state index contributed by atoms with van der Waals surface area (Å²) in [6, 6.07) is 4.98. The highest BCUT2D eigenvalue weighted by Crippen LogP contribution is 2.26. The maximum atomic E-state index is 11.5. The molecule has 4 nitrogen and oxygen atoms in total. The van der Waals surface area contributed by atoms with Gasteiger partial charge in [0.1, 0.15) is 6.10 Å². The molecule has 17 heavy (non-hydrogen) atoms. The van der Waals surface area contributed by atoms with Gasteiger partial charge in [-0.1, -0.05) is 23.2 Å². The van der Waals surface area contributed by atoms with Gasteiger partial charge in [0.25, 0.3) is 0 Å². The molecule has 1 aromatic carbocycles. The zero-order valence-corrected chi connectivity index (χ0v) is 10.5. The molecule has 0 aromatic heterocycles. The van der Waals surface area contributed by atoms with Gasteiger partial charge in [-0.2, -0.15) is 0 Å². The molecule has 0 saturated heterocycles. The monoisotopic (exact) mass is 274 g/mol. The molecule has 0 aliphatic heterocycles. The van der Waals surface area contributed by atoms with Gasteiger partial charge in [0.2, 0.25) is 0 Å². The van der Waals surface area contributed by atoms with Crippen molar-refractivity contribution >= 4 is 35.0 Å². The standard InChI is InChI=1S/C11H12Cl2N2O2/c12-9-2-1-7(5-10(9)13)15-11(16)17-8-3-6(14)4-8/h1-2,5-6,8H,3-4,14H2,(H,15,16). The number of nitrogens with two attached hydrogens (primary N) is 1. The average Bonchev–Trinajstić information content (AvgIpc) is 2.21. The predicted octanol–water partition coefficient (Wildman–Crippen LogP) is 3.03. The van der Waals surface area contributed by atoms with Gasteiger partial charge in [0.15, 0.2) is 0 Å². The van der Waals surface area contributed by atoms with E-state index in [9.17, 15) is 4.79 Å². The first-order valence-corrected chi connectivity index (χ1v) is 5.98. The second kappa shape index (κ2) is 5.12. The lowest BCUT2D eigenvalue weighted by molar-refractivity contribution is 0.0503. The molecule has 92 valence electrons. The summed E-state index contributed by atoms with van der Waals surface area (Å²) in [5.74, 6) is 0. The number of amides is 1. The van der Waals surface area contributed by atoms with Crippen LogP contribution in [0.2, 0.25) is 10.0 Å². The number of carbonyl (C=O) groups excluding carboxylic acids is 1. The van der Waals surface area contributed by atoms with Crippen LogP contribution in [0.15, 0.2) is 18.2 Å². The van der Waals surface area contributed by atoms with Crippen LogP contribution in [0.1, 0.15) is 12.8 Å². The maximum absolute atomic E-state index is 11.5. The first-order valence-electron chi connectivity index (χ1n) is 5.23. The maximum Gasteiger partial charge on any atom is 0.411 e. The van der Waals surface area contributed by atoms with Crippen LogP contribution in [0, 0.1) is 0 Å². The summed E-state index contributed by atoms with van der Waals surface area (Å²) in [5.41, 5.74) is 6.14. The van der Waals surface area contributed by atoms with Crippen molar-refractivity contribution < 1.29 is 9.53 Å². The Morgan fingerprint density at radius 3 is 2.65 bits per heavy atom. The molecule has 0 atom stereocenters. The molecule has 0 radical (unpaired) electrons. The number of anilines is 1. The van der Waals surface area contributed by atoms with E-state index in [1.165, 1.54) is 0 Å². The molecule has 2 rings (SSSR count). The Kier molecular flexibility index (Phi) is 3.76. The van der Waals surface area contributed by atoms with Crippen LogP contribution in [-0.2, 0) is 4.74 Å². The first kappa shape index (κ1) is 12.5. The third-order valence-corrected chi connectivity index (χ3v) is 3.31. The van der Waals surface area contributed by atoms with Gasteiger partial charge in [0.05, 0.1) is 10.0 Å². The summed E-state index contributed by atoms with van der Waals surface area (Å²) >= 11 is 11.6. The highest BCUT2D eigenvalue weighted by Gasteiger charge is 2.29. The van der Waals surface area contributed by atoms with Gasteiger partial charge in [-0.25, -0.2) is 4.79 Å². The number of nitrogens with one attached hydrogen (secondary N) is 1. The number of hydrogen-bond acceptors (Lipinski definition) is 3. The molecule has 0 bridgehead atoms. The van der Waals surface area contributed by atoms with E-state index in [1.54, 1.807) is 18.2 Å². The minimum absolute atomic E-state index is 0.0761. The van der Waals surface area contributed by atoms with Crippen LogP contribution in [0.25, 0.3) is 0 Å². The van der Waals surface area contributed by atoms with Gasteiger partial charge in [-0.05, 0) is 31.0 Å². The fourth-order valence-corrected chi connectivity index (χ4v) is 1.87. The lowest BCUT2D eigenvalue weighted by Gasteiger charge is -2.31. The lowest BCUT2D eigenvalue weighted by Crippen LogP contribution is -2.43. The Balaban J connectivity index is 1.87. The SMILES string of the molecule is NC1CC(OC(=O)Nc2ccc(Cl)c(Cl)c2)C1. The Bertz CT molecular complexity index is 433. The molecule has 0 unspecified atom stereocenters. The van der Waals surface area contributed by atoms with Crippen LogP contribution in [0.4, 0.5) is 10.5 Å². The van der Waals surface area contributed by atoms with Crippen LogP contribution < -0.4 is 11.1 Å². The number of benzene rings is 1. The lowest BCUT2D eigenvalue weighted by atomic mass is 9.90. The first-order chi connectivity index (χ1) is 8.04. The number of hydrogen-bond donors (Lipinski definition) is 2. The molecule has 1 amide bonds. The zero-order chi connectivity index (χ0) is 12.4. The molecular weight excluding hydrogens is 263 g/mol. The topological polar surface area (TPSA) is 64.3 Å². The van der Waals surface area contributed by atoms with Crippen molar-refractivity contribution in [3.8, 4) is 0 Å². The highest BCUT2D eigenvalue weighted by atomic mass is 35.5. The van der Waals surface area contributed by atoms with E-state index in [2.05, 4.69) is 5.32 Å². The van der Waals surface area contributed by atoms with E-state index in [0.717, 1.165) is 12.8 Å². The van der Waals surface area contributed by atoms with E-state index >= 15 is 0 Å². The predicted molar refractivity (Wildman–Crippen MR) is 67.6 cm³/mol. The van der Waals surface area contributed by atoms with Crippen molar-refractivity contribution in [3.63, 3.8) is 0 Å². The molecule has 1 saturated carbocycles. The number of ether oxygens (including phenoxy) is 1. The van der Waals surface area contributed by atoms with Crippen molar-refractivity contribution in [1.82, 2.24) is 0 Å². The van der Waals surface area contributed by atoms with Crippen molar-refractivity contribution in [2.45, 2.75) is 25.0 Å². The Labute approximate surface area is 109 Å². The summed E-state index contributed by atoms with van der Waals surface area (Å²) in [6.07, 6.45) is 0.858. The number of carbonyl (C=O) groups is 1. The third-order valence-electron chi connectivity index (χ3n) is 2.57. The average molecular weight is 275 g/mol. The minimum Gasteiger partial charge on any atom is -0.446 e. The summed E-state index contributed by atoms with van der Waals surface area (Å²) in [7, 11) is 0. The van der Waals surface area contributed by atoms with E-state index in [-0.39, 0.29) is 12.1 Å². The fourth-order valence-electron chi connectivity index (χ4n) is 1.58. The highest BCUT2D eigenvalue weighted by molar-refractivity contribution is 6.42. The van der Waals surface area contributed by atoms with Crippen molar-refractivity contribution in [2.75, 3.05) is 5.32 Å². The van der Waals surface area contributed by atoms with Crippen molar-refractivity contribution in [3.05, 3.63) is 28.2 Å². The quantitative estimate of drug-likeness (QED) is 0.871. The summed E-state index contributed by atoms with van der Waals surface area (Å²) in [5, 5.41) is 3.40. The minimum atomic E-state index is -0.500. The van der Waals surface area contributed by atoms with Gasteiger partial charge in [-0.3, -0.25) is 5.32 Å². The normalized spacial score (nSPS) is 22.8. The second-order valence-electron chi connectivity index (χ2n) is 4.01. The summed E-state index contributed by atoms with van der Waals surface area (Å²) < 4.78 is 5.12.